The molecular formula is C15H25N3O2. The number of benzene rings is 1. The van der Waals surface area contributed by atoms with Crippen molar-refractivity contribution in [1.82, 2.24) is 5.32 Å². The minimum atomic E-state index is -0.283. The predicted octanol–water partition coefficient (Wildman–Crippen LogP) is 2.64. The number of nitrogens with two attached hydrogens (primary N) is 1. The maximum atomic E-state index is 11.9. The summed E-state index contributed by atoms with van der Waals surface area (Å²) in [4.78, 5) is 11.9. The van der Waals surface area contributed by atoms with E-state index >= 15 is 0 Å². The smallest absolute Gasteiger partial charge is 0.319 e. The van der Waals surface area contributed by atoms with Gasteiger partial charge in [0.1, 0.15) is 5.75 Å². The molecule has 0 saturated carbocycles. The van der Waals surface area contributed by atoms with E-state index in [4.69, 9.17) is 10.5 Å². The van der Waals surface area contributed by atoms with E-state index in [1.54, 1.807) is 0 Å². The lowest BCUT2D eigenvalue weighted by Gasteiger charge is -2.21. The van der Waals surface area contributed by atoms with E-state index in [0.717, 1.165) is 12.0 Å². The van der Waals surface area contributed by atoms with Gasteiger partial charge in [0.15, 0.2) is 0 Å². The van der Waals surface area contributed by atoms with Gasteiger partial charge in [-0.1, -0.05) is 6.07 Å². The second-order valence-electron chi connectivity index (χ2n) is 5.82. The van der Waals surface area contributed by atoms with E-state index in [9.17, 15) is 4.79 Å². The number of carbonyl (C=O) groups is 1. The maximum Gasteiger partial charge on any atom is 0.319 e. The first-order chi connectivity index (χ1) is 9.31. The molecule has 0 saturated heterocycles. The normalized spacial score (nSPS) is 11.1. The predicted molar refractivity (Wildman–Crippen MR) is 82.3 cm³/mol. The van der Waals surface area contributed by atoms with Crippen molar-refractivity contribution in [3.8, 4) is 5.75 Å². The van der Waals surface area contributed by atoms with Crippen molar-refractivity contribution in [1.29, 1.82) is 0 Å². The number of ether oxygens (including phenoxy) is 1. The number of rotatable bonds is 5. The Balaban J connectivity index is 2.76. The van der Waals surface area contributed by atoms with Gasteiger partial charge in [-0.15, -0.1) is 0 Å². The lowest BCUT2D eigenvalue weighted by Crippen LogP contribution is -2.43. The zero-order valence-electron chi connectivity index (χ0n) is 12.7. The van der Waals surface area contributed by atoms with Crippen LogP contribution >= 0.6 is 0 Å². The zero-order chi connectivity index (χ0) is 15.2. The minimum absolute atomic E-state index is 0.244. The molecule has 20 heavy (non-hydrogen) atoms. The van der Waals surface area contributed by atoms with Crippen molar-refractivity contribution in [2.75, 3.05) is 18.5 Å². The molecule has 0 aliphatic rings. The van der Waals surface area contributed by atoms with Gasteiger partial charge in [-0.2, -0.15) is 0 Å². The van der Waals surface area contributed by atoms with Crippen LogP contribution in [0.1, 0.15) is 32.8 Å². The van der Waals surface area contributed by atoms with Crippen LogP contribution in [0.25, 0.3) is 0 Å². The number of urea groups is 1. The molecule has 1 aromatic carbocycles. The van der Waals surface area contributed by atoms with Crippen molar-refractivity contribution in [2.45, 2.75) is 39.7 Å². The summed E-state index contributed by atoms with van der Waals surface area (Å²) in [5, 5.41) is 5.68. The van der Waals surface area contributed by atoms with Crippen LogP contribution in [0.5, 0.6) is 5.75 Å². The number of anilines is 1. The fourth-order valence-corrected chi connectivity index (χ4v) is 1.63. The largest absolute Gasteiger partial charge is 0.491 e. The lowest BCUT2D eigenvalue weighted by atomic mass is 10.1. The molecule has 0 fully saturated rings. The highest BCUT2D eigenvalue weighted by atomic mass is 16.5. The van der Waals surface area contributed by atoms with E-state index in [-0.39, 0.29) is 11.6 Å². The van der Waals surface area contributed by atoms with Crippen LogP contribution in [-0.2, 0) is 0 Å². The third-order valence-corrected chi connectivity index (χ3v) is 2.48. The molecule has 0 aliphatic carbocycles. The van der Waals surface area contributed by atoms with Crippen molar-refractivity contribution >= 4 is 11.7 Å². The van der Waals surface area contributed by atoms with Gasteiger partial charge in [0.05, 0.1) is 12.3 Å². The van der Waals surface area contributed by atoms with E-state index in [2.05, 4.69) is 10.6 Å². The summed E-state index contributed by atoms with van der Waals surface area (Å²) in [5.41, 5.74) is 6.89. The Hall–Kier alpha value is -1.75. The van der Waals surface area contributed by atoms with Gasteiger partial charge in [-0.3, -0.25) is 0 Å². The second-order valence-corrected chi connectivity index (χ2v) is 5.82. The molecule has 0 aliphatic heterocycles. The maximum absolute atomic E-state index is 11.9. The van der Waals surface area contributed by atoms with Crippen LogP contribution in [0.2, 0.25) is 0 Å². The summed E-state index contributed by atoms with van der Waals surface area (Å²) >= 11 is 0. The van der Waals surface area contributed by atoms with Gasteiger partial charge in [0, 0.05) is 5.54 Å². The summed E-state index contributed by atoms with van der Waals surface area (Å²) in [7, 11) is 0. The van der Waals surface area contributed by atoms with Crippen molar-refractivity contribution in [2.24, 2.45) is 5.73 Å². The van der Waals surface area contributed by atoms with Gasteiger partial charge < -0.3 is 21.1 Å². The molecule has 0 bridgehead atoms. The lowest BCUT2D eigenvalue weighted by molar-refractivity contribution is 0.243. The molecule has 5 heteroatoms. The number of hydrogen-bond donors (Lipinski definition) is 3. The van der Waals surface area contributed by atoms with Crippen LogP contribution in [0.3, 0.4) is 0 Å². The van der Waals surface area contributed by atoms with Crippen LogP contribution < -0.4 is 21.1 Å². The van der Waals surface area contributed by atoms with Crippen molar-refractivity contribution in [3.63, 3.8) is 0 Å². The third-order valence-electron chi connectivity index (χ3n) is 2.48. The number of nitrogens with one attached hydrogen (secondary N) is 2. The molecule has 5 nitrogen and oxygen atoms in total. The van der Waals surface area contributed by atoms with Gasteiger partial charge in [-0.05, 0) is 58.4 Å². The molecule has 0 aromatic heterocycles. The Bertz CT molecular complexity index is 453. The highest BCUT2D eigenvalue weighted by Crippen LogP contribution is 2.25. The fraction of sp³-hybridized carbons (Fsp3) is 0.533. The number of carbonyl (C=O) groups excluding carboxylic acids is 1. The van der Waals surface area contributed by atoms with E-state index in [1.807, 2.05) is 45.9 Å². The Morgan fingerprint density at radius 3 is 2.65 bits per heavy atom. The fourth-order valence-electron chi connectivity index (χ4n) is 1.63. The molecule has 0 spiro atoms. The summed E-state index contributed by atoms with van der Waals surface area (Å²) in [5.74, 6) is 0.660. The molecule has 0 heterocycles. The molecule has 1 rings (SSSR count). The minimum Gasteiger partial charge on any atom is -0.491 e. The van der Waals surface area contributed by atoms with E-state index in [1.165, 1.54) is 0 Å². The Morgan fingerprint density at radius 1 is 1.35 bits per heavy atom. The van der Waals surface area contributed by atoms with Crippen LogP contribution in [0.4, 0.5) is 10.5 Å². The Kier molecular flexibility index (Phi) is 5.82. The summed E-state index contributed by atoms with van der Waals surface area (Å²) in [6.45, 7) is 8.88. The third kappa shape index (κ3) is 5.93. The van der Waals surface area contributed by atoms with Crippen LogP contribution in [-0.4, -0.2) is 24.7 Å². The number of hydrogen-bond acceptors (Lipinski definition) is 3. The monoisotopic (exact) mass is 279 g/mol. The molecule has 1 aromatic rings. The summed E-state index contributed by atoms with van der Waals surface area (Å²) in [6.07, 6.45) is 0.779. The average Bonchev–Trinajstić information content (AvgIpc) is 2.29. The average molecular weight is 279 g/mol. The quantitative estimate of drug-likeness (QED) is 0.725. The zero-order valence-corrected chi connectivity index (χ0v) is 12.7. The molecule has 0 atom stereocenters. The highest BCUT2D eigenvalue weighted by molar-refractivity contribution is 5.91. The Labute approximate surface area is 120 Å². The molecule has 0 radical (unpaired) electrons. The number of aryl methyl sites for hydroxylation is 1. The van der Waals surface area contributed by atoms with Crippen molar-refractivity contribution in [3.05, 3.63) is 23.8 Å². The van der Waals surface area contributed by atoms with E-state index in [0.29, 0.717) is 24.6 Å². The molecule has 2 amide bonds. The molecule has 112 valence electrons. The molecule has 0 unspecified atom stereocenters. The number of amides is 2. The van der Waals surface area contributed by atoms with Gasteiger partial charge in [0.25, 0.3) is 0 Å². The van der Waals surface area contributed by atoms with Gasteiger partial charge >= 0.3 is 6.03 Å². The summed E-state index contributed by atoms with van der Waals surface area (Å²) < 4.78 is 5.64. The highest BCUT2D eigenvalue weighted by Gasteiger charge is 2.15. The molecular weight excluding hydrogens is 254 g/mol. The summed E-state index contributed by atoms with van der Waals surface area (Å²) in [6, 6.07) is 5.45. The van der Waals surface area contributed by atoms with Gasteiger partial charge in [0.2, 0.25) is 0 Å². The SMILES string of the molecule is Cc1ccc(OCCCN)c(NC(=O)NC(C)(C)C)c1. The molecule has 4 N–H and O–H groups in total. The van der Waals surface area contributed by atoms with E-state index < -0.39 is 0 Å². The van der Waals surface area contributed by atoms with Crippen molar-refractivity contribution < 1.29 is 9.53 Å². The van der Waals surface area contributed by atoms with Gasteiger partial charge in [-0.25, -0.2) is 4.79 Å². The first-order valence-electron chi connectivity index (χ1n) is 6.84. The first kappa shape index (κ1) is 16.3. The van der Waals surface area contributed by atoms with Crippen LogP contribution in [0.15, 0.2) is 18.2 Å². The second kappa shape index (κ2) is 7.14. The van der Waals surface area contributed by atoms with Crippen LogP contribution in [0, 0.1) is 6.92 Å². The Morgan fingerprint density at radius 2 is 2.05 bits per heavy atom. The standard InChI is InChI=1S/C15H25N3O2/c1-11-6-7-13(20-9-5-8-16)12(10-11)17-14(19)18-15(2,3)4/h6-7,10H,5,8-9,16H2,1-4H3,(H2,17,18,19). The first-order valence-corrected chi connectivity index (χ1v) is 6.84. The topological polar surface area (TPSA) is 76.4 Å².